The first-order chi connectivity index (χ1) is 8.86. The molecule has 0 aliphatic rings. The molecule has 90 valence electrons. The van der Waals surface area contributed by atoms with Gasteiger partial charge in [-0.2, -0.15) is 0 Å². The van der Waals surface area contributed by atoms with Crippen molar-refractivity contribution in [2.75, 3.05) is 5.43 Å². The summed E-state index contributed by atoms with van der Waals surface area (Å²) < 4.78 is 2.07. The van der Waals surface area contributed by atoms with Crippen LogP contribution in [0.2, 0.25) is 0 Å². The van der Waals surface area contributed by atoms with E-state index in [0.717, 1.165) is 22.4 Å². The third-order valence-corrected chi connectivity index (χ3v) is 2.84. The zero-order chi connectivity index (χ0) is 12.4. The number of nitrogens with two attached hydrogens (primary N) is 1. The molecule has 0 atom stereocenters. The molecule has 0 unspecified atom stereocenters. The van der Waals surface area contributed by atoms with E-state index in [0.29, 0.717) is 6.54 Å². The summed E-state index contributed by atoms with van der Waals surface area (Å²) in [6, 6.07) is 11.8. The van der Waals surface area contributed by atoms with E-state index < -0.39 is 0 Å². The molecule has 2 heterocycles. The third kappa shape index (κ3) is 1.91. The number of rotatable bonds is 3. The lowest BCUT2D eigenvalue weighted by Crippen LogP contribution is -2.08. The predicted octanol–water partition coefficient (Wildman–Crippen LogP) is 1.77. The van der Waals surface area contributed by atoms with Gasteiger partial charge in [-0.1, -0.05) is 12.1 Å². The number of para-hydroxylation sites is 2. The second-order valence-corrected chi connectivity index (χ2v) is 4.04. The fourth-order valence-electron chi connectivity index (χ4n) is 1.97. The van der Waals surface area contributed by atoms with Gasteiger partial charge < -0.3 is 9.99 Å². The van der Waals surface area contributed by atoms with E-state index >= 15 is 0 Å². The topological polar surface area (TPSA) is 68.8 Å². The van der Waals surface area contributed by atoms with E-state index in [1.54, 1.807) is 6.20 Å². The molecular weight excluding hydrogens is 226 g/mol. The van der Waals surface area contributed by atoms with Gasteiger partial charge >= 0.3 is 0 Å². The highest BCUT2D eigenvalue weighted by Crippen LogP contribution is 2.14. The average Bonchev–Trinajstić information content (AvgIpc) is 2.83. The number of pyridine rings is 1. The second kappa shape index (κ2) is 4.46. The highest BCUT2D eigenvalue weighted by atomic mass is 15.2. The Morgan fingerprint density at radius 2 is 2.06 bits per heavy atom. The van der Waals surface area contributed by atoms with Gasteiger partial charge in [-0.25, -0.2) is 4.98 Å². The maximum absolute atomic E-state index is 5.39. The Kier molecular flexibility index (Phi) is 2.66. The number of anilines is 1. The fraction of sp³-hybridized carbons (Fsp3) is 0.0769. The molecular formula is C13H13N5. The quantitative estimate of drug-likeness (QED) is 0.540. The van der Waals surface area contributed by atoms with Crippen LogP contribution in [0.15, 0.2) is 48.9 Å². The SMILES string of the molecule is NNc1ccnc(Cn2cnc3ccccc32)c1. The van der Waals surface area contributed by atoms with Crippen LogP contribution in [0, 0.1) is 0 Å². The lowest BCUT2D eigenvalue weighted by atomic mass is 10.3. The van der Waals surface area contributed by atoms with Crippen LogP contribution in [0.1, 0.15) is 5.69 Å². The van der Waals surface area contributed by atoms with Crippen LogP contribution in [0.25, 0.3) is 11.0 Å². The van der Waals surface area contributed by atoms with E-state index in [1.807, 2.05) is 42.7 Å². The third-order valence-electron chi connectivity index (χ3n) is 2.84. The van der Waals surface area contributed by atoms with Crippen molar-refractivity contribution in [3.63, 3.8) is 0 Å². The average molecular weight is 239 g/mol. The number of hydrogen-bond donors (Lipinski definition) is 2. The van der Waals surface area contributed by atoms with Gasteiger partial charge in [0.05, 0.1) is 35.3 Å². The van der Waals surface area contributed by atoms with E-state index in [9.17, 15) is 0 Å². The first-order valence-corrected chi connectivity index (χ1v) is 5.68. The van der Waals surface area contributed by atoms with Gasteiger partial charge in [0.15, 0.2) is 0 Å². The monoisotopic (exact) mass is 239 g/mol. The molecule has 0 bridgehead atoms. The lowest BCUT2D eigenvalue weighted by molar-refractivity contribution is 0.797. The number of imidazole rings is 1. The Labute approximate surface area is 104 Å². The van der Waals surface area contributed by atoms with Crippen molar-refractivity contribution in [2.45, 2.75) is 6.54 Å². The summed E-state index contributed by atoms with van der Waals surface area (Å²) in [5.74, 6) is 5.39. The van der Waals surface area contributed by atoms with Gasteiger partial charge in [-0.05, 0) is 24.3 Å². The lowest BCUT2D eigenvalue weighted by Gasteiger charge is -2.05. The minimum Gasteiger partial charge on any atom is -0.324 e. The van der Waals surface area contributed by atoms with Gasteiger partial charge in [-0.15, -0.1) is 0 Å². The molecule has 0 fully saturated rings. The molecule has 3 N–H and O–H groups in total. The van der Waals surface area contributed by atoms with Crippen molar-refractivity contribution in [3.8, 4) is 0 Å². The standard InChI is InChI=1S/C13H13N5/c14-17-10-5-6-15-11(7-10)8-18-9-16-12-3-1-2-4-13(12)18/h1-7,9H,8,14H2,(H,15,17). The maximum Gasteiger partial charge on any atom is 0.0962 e. The van der Waals surface area contributed by atoms with Crippen LogP contribution in [0.4, 0.5) is 5.69 Å². The molecule has 0 aliphatic heterocycles. The molecule has 5 heteroatoms. The van der Waals surface area contributed by atoms with Crippen LogP contribution >= 0.6 is 0 Å². The summed E-state index contributed by atoms with van der Waals surface area (Å²) in [6.45, 7) is 0.677. The zero-order valence-corrected chi connectivity index (χ0v) is 9.74. The fourth-order valence-corrected chi connectivity index (χ4v) is 1.97. The van der Waals surface area contributed by atoms with E-state index in [-0.39, 0.29) is 0 Å². The highest BCUT2D eigenvalue weighted by molar-refractivity contribution is 5.75. The Bertz CT molecular complexity index is 674. The van der Waals surface area contributed by atoms with Gasteiger partial charge in [0.25, 0.3) is 0 Å². The van der Waals surface area contributed by atoms with Crippen molar-refractivity contribution in [3.05, 3.63) is 54.6 Å². The normalized spacial score (nSPS) is 10.7. The number of benzene rings is 1. The van der Waals surface area contributed by atoms with Crippen LogP contribution in [-0.4, -0.2) is 14.5 Å². The molecule has 0 saturated heterocycles. The molecule has 0 spiro atoms. The minimum absolute atomic E-state index is 0.677. The van der Waals surface area contributed by atoms with Crippen molar-refractivity contribution < 1.29 is 0 Å². The van der Waals surface area contributed by atoms with E-state index in [2.05, 4.69) is 20.0 Å². The Balaban J connectivity index is 1.96. The summed E-state index contributed by atoms with van der Waals surface area (Å²) in [6.07, 6.45) is 3.57. The summed E-state index contributed by atoms with van der Waals surface area (Å²) >= 11 is 0. The van der Waals surface area contributed by atoms with E-state index in [4.69, 9.17) is 5.84 Å². The van der Waals surface area contributed by atoms with Gasteiger partial charge in [0, 0.05) is 6.20 Å². The summed E-state index contributed by atoms with van der Waals surface area (Å²) in [4.78, 5) is 8.68. The molecule has 1 aromatic carbocycles. The molecule has 18 heavy (non-hydrogen) atoms. The van der Waals surface area contributed by atoms with Gasteiger partial charge in [-0.3, -0.25) is 10.8 Å². The van der Waals surface area contributed by atoms with Crippen molar-refractivity contribution in [1.29, 1.82) is 0 Å². The number of nitrogens with one attached hydrogen (secondary N) is 1. The zero-order valence-electron chi connectivity index (χ0n) is 9.74. The molecule has 3 rings (SSSR count). The first-order valence-electron chi connectivity index (χ1n) is 5.68. The van der Waals surface area contributed by atoms with Crippen LogP contribution in [-0.2, 0) is 6.54 Å². The highest BCUT2D eigenvalue weighted by Gasteiger charge is 2.03. The number of nitrogens with zero attached hydrogens (tertiary/aromatic N) is 3. The number of fused-ring (bicyclic) bond motifs is 1. The smallest absolute Gasteiger partial charge is 0.0962 e. The van der Waals surface area contributed by atoms with Gasteiger partial charge in [0.2, 0.25) is 0 Å². The largest absolute Gasteiger partial charge is 0.324 e. The number of nitrogen functional groups attached to an aromatic ring is 1. The first kappa shape index (κ1) is 10.7. The molecule has 0 saturated carbocycles. The maximum atomic E-state index is 5.39. The molecule has 2 aromatic heterocycles. The van der Waals surface area contributed by atoms with Crippen molar-refractivity contribution >= 4 is 16.7 Å². The summed E-state index contributed by atoms with van der Waals surface area (Å²) in [7, 11) is 0. The Hall–Kier alpha value is -2.40. The van der Waals surface area contributed by atoms with Gasteiger partial charge in [0.1, 0.15) is 0 Å². The van der Waals surface area contributed by atoms with Crippen LogP contribution in [0.5, 0.6) is 0 Å². The molecule has 0 amide bonds. The Morgan fingerprint density at radius 1 is 1.17 bits per heavy atom. The molecule has 5 nitrogen and oxygen atoms in total. The summed E-state index contributed by atoms with van der Waals surface area (Å²) in [5, 5.41) is 0. The molecule has 0 radical (unpaired) electrons. The van der Waals surface area contributed by atoms with E-state index in [1.165, 1.54) is 0 Å². The van der Waals surface area contributed by atoms with Crippen molar-refractivity contribution in [2.24, 2.45) is 5.84 Å². The Morgan fingerprint density at radius 3 is 2.94 bits per heavy atom. The van der Waals surface area contributed by atoms with Crippen molar-refractivity contribution in [1.82, 2.24) is 14.5 Å². The number of aromatic nitrogens is 3. The van der Waals surface area contributed by atoms with Crippen LogP contribution < -0.4 is 11.3 Å². The number of hydrazine groups is 1. The minimum atomic E-state index is 0.677. The molecule has 0 aliphatic carbocycles. The molecule has 3 aromatic rings. The second-order valence-electron chi connectivity index (χ2n) is 4.04. The van der Waals surface area contributed by atoms with Crippen LogP contribution in [0.3, 0.4) is 0 Å². The predicted molar refractivity (Wildman–Crippen MR) is 70.9 cm³/mol. The number of hydrogen-bond acceptors (Lipinski definition) is 4. The summed E-state index contributed by atoms with van der Waals surface area (Å²) in [5.41, 5.74) is 6.50.